The second-order valence-electron chi connectivity index (χ2n) is 11.6. The van der Waals surface area contributed by atoms with Gasteiger partial charge in [0.15, 0.2) is 0 Å². The van der Waals surface area contributed by atoms with E-state index in [2.05, 4.69) is 25.0 Å². The summed E-state index contributed by atoms with van der Waals surface area (Å²) in [6, 6.07) is -0.965. The van der Waals surface area contributed by atoms with E-state index in [1.54, 1.807) is 41.5 Å². The summed E-state index contributed by atoms with van der Waals surface area (Å²) in [5.41, 5.74) is 4.77. The number of carbonyl (C=O) groups is 3. The Kier molecular flexibility index (Phi) is 12.8. The highest BCUT2D eigenvalue weighted by Crippen LogP contribution is 2.14. The van der Waals surface area contributed by atoms with Crippen molar-refractivity contribution < 1.29 is 33.7 Å². The molecule has 0 aromatic heterocycles. The van der Waals surface area contributed by atoms with Gasteiger partial charge in [0.05, 0.1) is 6.61 Å². The summed E-state index contributed by atoms with van der Waals surface area (Å²) >= 11 is 0. The first kappa shape index (κ1) is 31.5. The standard InChI is InChI=1S/C23H46N2O7Si/c1-22(2,3)31-18(26)12-10-16(24)20(28)25-17(11-13-19(27)32-23(4,5)6)21(29)30-14-15-33(7,8)9/h16-17,20,25,28H,10-15,24H2,1-9H3/t16-,17-,20+/m0/s1. The molecule has 0 radical (unpaired) electrons. The van der Waals surface area contributed by atoms with Crippen molar-refractivity contribution >= 4 is 26.0 Å². The molecule has 0 saturated heterocycles. The van der Waals surface area contributed by atoms with Crippen LogP contribution in [-0.2, 0) is 28.6 Å². The molecule has 0 saturated carbocycles. The van der Waals surface area contributed by atoms with E-state index >= 15 is 0 Å². The van der Waals surface area contributed by atoms with Gasteiger partial charge >= 0.3 is 17.9 Å². The van der Waals surface area contributed by atoms with Gasteiger partial charge in [-0.05, 0) is 60.4 Å². The molecule has 0 aliphatic rings. The van der Waals surface area contributed by atoms with E-state index in [0.29, 0.717) is 0 Å². The third kappa shape index (κ3) is 17.6. The maximum absolute atomic E-state index is 12.7. The van der Waals surface area contributed by atoms with E-state index in [1.807, 2.05) is 0 Å². The van der Waals surface area contributed by atoms with Crippen molar-refractivity contribution in [1.29, 1.82) is 0 Å². The lowest BCUT2D eigenvalue weighted by molar-refractivity contribution is -0.157. The van der Waals surface area contributed by atoms with Gasteiger partial charge in [-0.15, -0.1) is 0 Å². The van der Waals surface area contributed by atoms with Gasteiger partial charge < -0.3 is 25.1 Å². The average molecular weight is 491 g/mol. The molecule has 194 valence electrons. The van der Waals surface area contributed by atoms with Crippen LogP contribution in [0.25, 0.3) is 0 Å². The molecule has 0 bridgehead atoms. The van der Waals surface area contributed by atoms with Gasteiger partial charge in [0.2, 0.25) is 0 Å². The highest BCUT2D eigenvalue weighted by Gasteiger charge is 2.28. The quantitative estimate of drug-likeness (QED) is 0.154. The van der Waals surface area contributed by atoms with Crippen molar-refractivity contribution in [2.75, 3.05) is 6.61 Å². The highest BCUT2D eigenvalue weighted by atomic mass is 28.3. The summed E-state index contributed by atoms with van der Waals surface area (Å²) in [5.74, 6) is -1.43. The first-order valence-electron chi connectivity index (χ1n) is 11.6. The van der Waals surface area contributed by atoms with Crippen LogP contribution in [0.1, 0.15) is 67.2 Å². The molecule has 0 amide bonds. The lowest BCUT2D eigenvalue weighted by Gasteiger charge is -2.26. The predicted octanol–water partition coefficient (Wildman–Crippen LogP) is 2.72. The van der Waals surface area contributed by atoms with E-state index in [-0.39, 0.29) is 32.3 Å². The Balaban J connectivity index is 4.97. The summed E-state index contributed by atoms with van der Waals surface area (Å²) in [4.78, 5) is 36.7. The van der Waals surface area contributed by atoms with Gasteiger partial charge in [0.25, 0.3) is 0 Å². The van der Waals surface area contributed by atoms with Crippen molar-refractivity contribution in [3.05, 3.63) is 0 Å². The molecular formula is C23H46N2O7Si. The Bertz CT molecular complexity index is 636. The maximum Gasteiger partial charge on any atom is 0.323 e. The van der Waals surface area contributed by atoms with Crippen molar-refractivity contribution in [2.45, 2.75) is 122 Å². The van der Waals surface area contributed by atoms with Crippen LogP contribution in [0, 0.1) is 0 Å². The number of hydrogen-bond acceptors (Lipinski definition) is 9. The van der Waals surface area contributed by atoms with Gasteiger partial charge in [-0.25, -0.2) is 0 Å². The molecule has 0 spiro atoms. The number of hydrogen-bond donors (Lipinski definition) is 3. The van der Waals surface area contributed by atoms with Crippen LogP contribution in [0.15, 0.2) is 0 Å². The Morgan fingerprint density at radius 2 is 1.36 bits per heavy atom. The summed E-state index contributed by atoms with van der Waals surface area (Å²) < 4.78 is 15.9. The zero-order valence-electron chi connectivity index (χ0n) is 21.9. The number of carbonyl (C=O) groups excluding carboxylic acids is 3. The number of esters is 3. The van der Waals surface area contributed by atoms with Crippen LogP contribution in [0.3, 0.4) is 0 Å². The summed E-state index contributed by atoms with van der Waals surface area (Å²) in [6.07, 6.45) is -1.04. The number of ether oxygens (including phenoxy) is 3. The van der Waals surface area contributed by atoms with Gasteiger partial charge in [0.1, 0.15) is 23.5 Å². The lowest BCUT2D eigenvalue weighted by atomic mass is 10.1. The molecule has 0 aliphatic heterocycles. The molecule has 33 heavy (non-hydrogen) atoms. The molecular weight excluding hydrogens is 444 g/mol. The summed E-state index contributed by atoms with van der Waals surface area (Å²) in [5, 5.41) is 13.2. The molecule has 0 aromatic rings. The van der Waals surface area contributed by atoms with E-state index in [4.69, 9.17) is 19.9 Å². The minimum atomic E-state index is -1.40. The van der Waals surface area contributed by atoms with E-state index in [9.17, 15) is 19.5 Å². The Labute approximate surface area is 200 Å². The number of aliphatic hydroxyl groups excluding tert-OH is 1. The van der Waals surface area contributed by atoms with Crippen LogP contribution >= 0.6 is 0 Å². The van der Waals surface area contributed by atoms with Gasteiger partial charge in [-0.2, -0.15) is 0 Å². The minimum Gasteiger partial charge on any atom is -0.465 e. The Hall–Kier alpha value is -1.49. The van der Waals surface area contributed by atoms with Crippen LogP contribution in [0.4, 0.5) is 0 Å². The van der Waals surface area contributed by atoms with Crippen LogP contribution in [-0.4, -0.2) is 67.2 Å². The van der Waals surface area contributed by atoms with Crippen molar-refractivity contribution in [2.24, 2.45) is 5.73 Å². The molecule has 0 unspecified atom stereocenters. The summed E-state index contributed by atoms with van der Waals surface area (Å²) in [7, 11) is -1.40. The molecule has 0 fully saturated rings. The van der Waals surface area contributed by atoms with Crippen molar-refractivity contribution in [3.8, 4) is 0 Å². The van der Waals surface area contributed by atoms with Crippen LogP contribution < -0.4 is 11.1 Å². The van der Waals surface area contributed by atoms with Crippen molar-refractivity contribution in [1.82, 2.24) is 5.32 Å². The fraction of sp³-hybridized carbons (Fsp3) is 0.870. The van der Waals surface area contributed by atoms with Crippen LogP contribution in [0.2, 0.25) is 25.7 Å². The first-order chi connectivity index (χ1) is 14.8. The molecule has 0 aromatic carbocycles. The monoisotopic (exact) mass is 490 g/mol. The largest absolute Gasteiger partial charge is 0.465 e. The maximum atomic E-state index is 12.7. The topological polar surface area (TPSA) is 137 Å². The van der Waals surface area contributed by atoms with E-state index < -0.39 is 55.5 Å². The number of nitrogens with two attached hydrogens (primary N) is 1. The van der Waals surface area contributed by atoms with Crippen LogP contribution in [0.5, 0.6) is 0 Å². The first-order valence-corrected chi connectivity index (χ1v) is 15.3. The fourth-order valence-electron chi connectivity index (χ4n) is 2.65. The fourth-order valence-corrected chi connectivity index (χ4v) is 3.36. The molecule has 0 aliphatic carbocycles. The van der Waals surface area contributed by atoms with E-state index in [1.165, 1.54) is 0 Å². The Morgan fingerprint density at radius 3 is 1.79 bits per heavy atom. The lowest BCUT2D eigenvalue weighted by Crippen LogP contribution is -2.52. The van der Waals surface area contributed by atoms with Gasteiger partial charge in [-0.3, -0.25) is 19.7 Å². The number of nitrogens with one attached hydrogen (secondary N) is 1. The zero-order valence-corrected chi connectivity index (χ0v) is 22.9. The van der Waals surface area contributed by atoms with Crippen molar-refractivity contribution in [3.63, 3.8) is 0 Å². The smallest absolute Gasteiger partial charge is 0.323 e. The second-order valence-corrected chi connectivity index (χ2v) is 17.2. The normalized spacial score (nSPS) is 15.4. The average Bonchev–Trinajstić information content (AvgIpc) is 2.58. The van der Waals surface area contributed by atoms with Gasteiger partial charge in [0, 0.05) is 27.0 Å². The zero-order chi connectivity index (χ0) is 26.0. The third-order valence-electron chi connectivity index (χ3n) is 4.32. The minimum absolute atomic E-state index is 0.0282. The predicted molar refractivity (Wildman–Crippen MR) is 130 cm³/mol. The second kappa shape index (κ2) is 13.4. The van der Waals surface area contributed by atoms with E-state index in [0.717, 1.165) is 6.04 Å². The highest BCUT2D eigenvalue weighted by molar-refractivity contribution is 6.76. The van der Waals surface area contributed by atoms with Gasteiger partial charge in [-0.1, -0.05) is 19.6 Å². The molecule has 0 rings (SSSR count). The molecule has 9 nitrogen and oxygen atoms in total. The third-order valence-corrected chi connectivity index (χ3v) is 6.02. The molecule has 4 N–H and O–H groups in total. The summed E-state index contributed by atoms with van der Waals surface area (Å²) in [6.45, 7) is 17.4. The molecule has 0 heterocycles. The number of rotatable bonds is 13. The number of aliphatic hydroxyl groups is 1. The molecule has 3 atom stereocenters. The molecule has 10 heteroatoms. The Morgan fingerprint density at radius 1 is 0.909 bits per heavy atom. The SMILES string of the molecule is CC(C)(C)OC(=O)CC[C@H](N[C@H](O)[C@@H](N)CCC(=O)OC(C)(C)C)C(=O)OCC[Si](C)(C)C.